The predicted octanol–water partition coefficient (Wildman–Crippen LogP) is 5.26. The van der Waals surface area contributed by atoms with E-state index in [1.165, 1.54) is 17.5 Å². The lowest BCUT2D eigenvalue weighted by Crippen LogP contribution is -2.34. The monoisotopic (exact) mass is 469 g/mol. The summed E-state index contributed by atoms with van der Waals surface area (Å²) in [5.41, 5.74) is 4.37. The van der Waals surface area contributed by atoms with Gasteiger partial charge in [-0.1, -0.05) is 56.0 Å². The van der Waals surface area contributed by atoms with Gasteiger partial charge in [0.25, 0.3) is 11.5 Å². The Morgan fingerprint density at radius 1 is 0.971 bits per heavy atom. The number of amides is 1. The molecule has 35 heavy (non-hydrogen) atoms. The summed E-state index contributed by atoms with van der Waals surface area (Å²) in [6.07, 6.45) is 8.70. The van der Waals surface area contributed by atoms with Crippen LogP contribution in [0.3, 0.4) is 0 Å². The van der Waals surface area contributed by atoms with E-state index in [0.29, 0.717) is 11.3 Å². The molecule has 0 radical (unpaired) electrons. The number of nitrogens with one attached hydrogen (secondary N) is 1. The largest absolute Gasteiger partial charge is 0.349 e. The number of nitrogens with zero attached hydrogens (tertiary/aromatic N) is 4. The summed E-state index contributed by atoms with van der Waals surface area (Å²) in [6.45, 7) is 3.87. The van der Waals surface area contributed by atoms with Crippen molar-refractivity contribution in [3.05, 3.63) is 76.7 Å². The first-order chi connectivity index (χ1) is 17.0. The van der Waals surface area contributed by atoms with Crippen LogP contribution in [-0.2, 0) is 0 Å². The minimum atomic E-state index is -0.148. The number of hydrogen-bond donors (Lipinski definition) is 1. The maximum Gasteiger partial charge on any atom is 0.267 e. The highest BCUT2D eigenvalue weighted by Gasteiger charge is 2.21. The number of hydrogen-bond acceptors (Lipinski definition) is 4. The molecule has 0 unspecified atom stereocenters. The number of fused-ring (bicyclic) bond motifs is 1. The van der Waals surface area contributed by atoms with Crippen molar-refractivity contribution in [2.45, 2.75) is 64.5 Å². The van der Waals surface area contributed by atoms with E-state index in [1.807, 2.05) is 62.5 Å². The first-order valence-electron chi connectivity index (χ1n) is 12.5. The van der Waals surface area contributed by atoms with Crippen molar-refractivity contribution in [1.29, 1.82) is 0 Å². The van der Waals surface area contributed by atoms with Gasteiger partial charge in [0.1, 0.15) is 5.69 Å². The van der Waals surface area contributed by atoms with E-state index >= 15 is 0 Å². The summed E-state index contributed by atoms with van der Waals surface area (Å²) in [7, 11) is 0. The van der Waals surface area contributed by atoms with Crippen LogP contribution in [0.2, 0.25) is 0 Å². The number of rotatable bonds is 5. The van der Waals surface area contributed by atoms with Crippen molar-refractivity contribution in [1.82, 2.24) is 24.7 Å². The third kappa shape index (κ3) is 4.76. The second-order valence-electron chi connectivity index (χ2n) is 9.59. The molecule has 5 rings (SSSR count). The van der Waals surface area contributed by atoms with Gasteiger partial charge in [0.2, 0.25) is 0 Å². The molecule has 1 aliphatic rings. The van der Waals surface area contributed by atoms with Crippen LogP contribution in [0.25, 0.3) is 28.0 Å². The van der Waals surface area contributed by atoms with Crippen LogP contribution in [0.4, 0.5) is 0 Å². The average Bonchev–Trinajstić information content (AvgIpc) is 3.05. The minimum absolute atomic E-state index is 0.0621. The zero-order valence-corrected chi connectivity index (χ0v) is 20.3. The fourth-order valence-corrected chi connectivity index (χ4v) is 4.86. The van der Waals surface area contributed by atoms with E-state index in [-0.39, 0.29) is 23.6 Å². The summed E-state index contributed by atoms with van der Waals surface area (Å²) < 4.78 is 3.27. The van der Waals surface area contributed by atoms with Crippen LogP contribution in [0, 0.1) is 0 Å². The van der Waals surface area contributed by atoms with E-state index < -0.39 is 0 Å². The van der Waals surface area contributed by atoms with Crippen LogP contribution >= 0.6 is 0 Å². The van der Waals surface area contributed by atoms with E-state index in [2.05, 4.69) is 10.4 Å². The lowest BCUT2D eigenvalue weighted by Gasteiger charge is -2.16. The molecule has 0 saturated heterocycles. The van der Waals surface area contributed by atoms with Crippen LogP contribution in [0.15, 0.2) is 65.6 Å². The molecule has 3 heterocycles. The van der Waals surface area contributed by atoms with Crippen LogP contribution in [-0.4, -0.2) is 31.3 Å². The third-order valence-electron chi connectivity index (χ3n) is 6.71. The highest BCUT2D eigenvalue weighted by atomic mass is 16.1. The van der Waals surface area contributed by atoms with Crippen molar-refractivity contribution < 1.29 is 4.79 Å². The zero-order chi connectivity index (χ0) is 24.4. The van der Waals surface area contributed by atoms with Gasteiger partial charge in [-0.3, -0.25) is 9.59 Å². The molecule has 0 spiro atoms. The van der Waals surface area contributed by atoms with Crippen molar-refractivity contribution >= 4 is 11.4 Å². The van der Waals surface area contributed by atoms with E-state index in [4.69, 9.17) is 5.10 Å². The van der Waals surface area contributed by atoms with Crippen LogP contribution < -0.4 is 10.9 Å². The molecule has 1 aliphatic carbocycles. The predicted molar refractivity (Wildman–Crippen MR) is 137 cm³/mol. The fraction of sp³-hybridized carbons (Fsp3) is 0.357. The average molecular weight is 470 g/mol. The smallest absolute Gasteiger partial charge is 0.267 e. The molecular formula is C28H31N5O2. The molecule has 3 aromatic heterocycles. The third-order valence-corrected chi connectivity index (χ3v) is 6.71. The fourth-order valence-electron chi connectivity index (χ4n) is 4.86. The lowest BCUT2D eigenvalue weighted by molar-refractivity contribution is 0.0933. The Balaban J connectivity index is 1.62. The minimum Gasteiger partial charge on any atom is -0.349 e. The summed E-state index contributed by atoms with van der Waals surface area (Å²) in [4.78, 5) is 25.6. The van der Waals surface area contributed by atoms with Crippen molar-refractivity contribution in [2.24, 2.45) is 0 Å². The van der Waals surface area contributed by atoms with Crippen LogP contribution in [0.5, 0.6) is 0 Å². The van der Waals surface area contributed by atoms with Gasteiger partial charge in [0, 0.05) is 29.4 Å². The van der Waals surface area contributed by atoms with E-state index in [9.17, 15) is 9.59 Å². The Morgan fingerprint density at radius 2 is 1.71 bits per heavy atom. The standard InChI is InChI=1S/C28H31N5O2/c1-19(2)33-25(34)15-14-23(30-33)26-24-18-21(28(35)29-22-12-8-3-4-9-13-22)16-17-32(24)31-27(26)20-10-6-5-7-11-20/h5-7,10-11,14-19,22H,3-4,8-9,12-13H2,1-2H3,(H,29,35). The highest BCUT2D eigenvalue weighted by Crippen LogP contribution is 2.34. The Bertz CT molecular complexity index is 1400. The number of carbonyl (C=O) groups excluding carboxylic acids is 1. The van der Waals surface area contributed by atoms with Gasteiger partial charge in [0.15, 0.2) is 0 Å². The highest BCUT2D eigenvalue weighted by molar-refractivity contribution is 5.98. The molecule has 1 amide bonds. The molecule has 1 aromatic carbocycles. The molecule has 4 aromatic rings. The Labute approximate surface area is 204 Å². The van der Waals surface area contributed by atoms with Crippen molar-refractivity contribution in [2.75, 3.05) is 0 Å². The normalized spacial score (nSPS) is 14.8. The lowest BCUT2D eigenvalue weighted by atomic mass is 10.0. The van der Waals surface area contributed by atoms with Gasteiger partial charge in [-0.25, -0.2) is 9.20 Å². The molecule has 0 aliphatic heterocycles. The molecule has 180 valence electrons. The van der Waals surface area contributed by atoms with E-state index in [0.717, 1.165) is 48.0 Å². The number of carbonyl (C=O) groups is 1. The first-order valence-corrected chi connectivity index (χ1v) is 12.5. The summed E-state index contributed by atoms with van der Waals surface area (Å²) in [6, 6.07) is 17.0. The maximum absolute atomic E-state index is 13.2. The van der Waals surface area contributed by atoms with Crippen molar-refractivity contribution in [3.8, 4) is 22.5 Å². The van der Waals surface area contributed by atoms with E-state index in [1.54, 1.807) is 16.6 Å². The molecule has 1 saturated carbocycles. The number of pyridine rings is 1. The van der Waals surface area contributed by atoms with Gasteiger partial charge < -0.3 is 5.32 Å². The van der Waals surface area contributed by atoms with Gasteiger partial charge in [-0.05, 0) is 44.9 Å². The SMILES string of the molecule is CC(C)n1nc(-c2c(-c3ccccc3)nn3ccc(C(=O)NC4CCCCCC4)cc23)ccc1=O. The zero-order valence-electron chi connectivity index (χ0n) is 20.3. The summed E-state index contributed by atoms with van der Waals surface area (Å²) in [5, 5.41) is 12.8. The summed E-state index contributed by atoms with van der Waals surface area (Å²) in [5.74, 6) is -0.0621. The van der Waals surface area contributed by atoms with Gasteiger partial charge in [-0.2, -0.15) is 10.2 Å². The van der Waals surface area contributed by atoms with Crippen LogP contribution in [0.1, 0.15) is 68.8 Å². The van der Waals surface area contributed by atoms with Gasteiger partial charge in [-0.15, -0.1) is 0 Å². The van der Waals surface area contributed by atoms with Gasteiger partial charge >= 0.3 is 0 Å². The molecule has 0 bridgehead atoms. The topological polar surface area (TPSA) is 81.3 Å². The number of benzene rings is 1. The quantitative estimate of drug-likeness (QED) is 0.404. The second kappa shape index (κ2) is 9.86. The van der Waals surface area contributed by atoms with Crippen molar-refractivity contribution in [3.63, 3.8) is 0 Å². The Kier molecular flexibility index (Phi) is 6.49. The molecular weight excluding hydrogens is 438 g/mol. The van der Waals surface area contributed by atoms with Gasteiger partial charge in [0.05, 0.1) is 22.8 Å². The molecule has 1 N–H and O–H groups in total. The first kappa shape index (κ1) is 23.0. The Morgan fingerprint density at radius 3 is 2.43 bits per heavy atom. The molecule has 7 heteroatoms. The molecule has 7 nitrogen and oxygen atoms in total. The second-order valence-corrected chi connectivity index (χ2v) is 9.59. The summed E-state index contributed by atoms with van der Waals surface area (Å²) >= 11 is 0. The number of aromatic nitrogens is 4. The molecule has 1 fully saturated rings. The maximum atomic E-state index is 13.2. The molecule has 0 atom stereocenters. The Hall–Kier alpha value is -3.74.